The topological polar surface area (TPSA) is 123 Å². The molecule has 0 amide bonds. The molecule has 0 saturated heterocycles. The van der Waals surface area contributed by atoms with Gasteiger partial charge < -0.3 is 9.79 Å². The van der Waals surface area contributed by atoms with Gasteiger partial charge in [-0.25, -0.2) is 9.13 Å². The second-order valence-electron chi connectivity index (χ2n) is 1.17. The van der Waals surface area contributed by atoms with Crippen molar-refractivity contribution in [1.82, 2.24) is 0 Å². The molecule has 84 valence electrons. The van der Waals surface area contributed by atoms with Gasteiger partial charge in [-0.3, -0.25) is 4.89 Å². The summed E-state index contributed by atoms with van der Waals surface area (Å²) in [6.45, 7) is 0. The van der Waals surface area contributed by atoms with Crippen molar-refractivity contribution in [3.8, 4) is 0 Å². The first-order chi connectivity index (χ1) is 5.68. The zero-order valence-corrected chi connectivity index (χ0v) is 7.20. The van der Waals surface area contributed by atoms with Crippen molar-refractivity contribution in [3.63, 3.8) is 0 Å². The second kappa shape index (κ2) is 8.88. The molecular formula is H4F3LiO8P2. The van der Waals surface area contributed by atoms with Crippen LogP contribution in [0.5, 0.6) is 0 Å². The van der Waals surface area contributed by atoms with Crippen LogP contribution in [-0.2, 0) is 23.3 Å². The Kier molecular flexibility index (Phi) is 12.7. The van der Waals surface area contributed by atoms with Crippen molar-refractivity contribution in [2.24, 2.45) is 0 Å². The van der Waals surface area contributed by atoms with Crippen molar-refractivity contribution in [1.29, 1.82) is 0 Å². The Morgan fingerprint density at radius 1 is 0.857 bits per heavy atom. The van der Waals surface area contributed by atoms with Gasteiger partial charge in [-0.1, -0.05) is 14.2 Å². The maximum atomic E-state index is 10.4. The summed E-state index contributed by atoms with van der Waals surface area (Å²) in [5.41, 5.74) is 0. The monoisotopic (exact) mass is 258 g/mol. The second-order valence-corrected chi connectivity index (χ2v) is 3.50. The van der Waals surface area contributed by atoms with Crippen molar-refractivity contribution < 1.29 is 51.6 Å². The quantitative estimate of drug-likeness (QED) is 0.485. The van der Waals surface area contributed by atoms with Crippen molar-refractivity contribution in [2.45, 2.75) is 0 Å². The van der Waals surface area contributed by atoms with Gasteiger partial charge >= 0.3 is 34.5 Å². The van der Waals surface area contributed by atoms with E-state index in [-0.39, 0.29) is 18.9 Å². The maximum absolute atomic E-state index is 10.4. The van der Waals surface area contributed by atoms with Crippen molar-refractivity contribution in [3.05, 3.63) is 0 Å². The first-order valence-electron chi connectivity index (χ1n) is 1.98. The predicted octanol–water partition coefficient (Wildman–Crippen LogP) is 0.221. The predicted molar refractivity (Wildman–Crippen MR) is 35.6 cm³/mol. The van der Waals surface area contributed by atoms with Gasteiger partial charge in [0, 0.05) is 0 Å². The van der Waals surface area contributed by atoms with Crippen LogP contribution in [0.4, 0.5) is 13.6 Å². The van der Waals surface area contributed by atoms with Crippen molar-refractivity contribution in [2.75, 3.05) is 0 Å². The zero-order chi connectivity index (χ0) is 11.1. The molecule has 0 saturated carbocycles. The summed E-state index contributed by atoms with van der Waals surface area (Å²) in [5.74, 6) is 0. The number of hydrogen-bond donors (Lipinski definition) is 3. The average Bonchev–Trinajstić information content (AvgIpc) is 2.04. The molecule has 0 heterocycles. The summed E-state index contributed by atoms with van der Waals surface area (Å²) in [7, 11) is -9.80. The fourth-order valence-corrected chi connectivity index (χ4v) is 0.0319. The number of halogens is 3. The molecule has 0 aliphatic rings. The van der Waals surface area contributed by atoms with Crippen LogP contribution in [0.25, 0.3) is 0 Å². The Balaban J connectivity index is -0.000000163. The third-order valence-corrected chi connectivity index (χ3v) is 0.793. The van der Waals surface area contributed by atoms with E-state index in [1.54, 1.807) is 0 Å². The van der Waals surface area contributed by atoms with E-state index in [4.69, 9.17) is 19.2 Å². The molecule has 14 heavy (non-hydrogen) atoms. The molecule has 0 aromatic heterocycles. The van der Waals surface area contributed by atoms with Crippen LogP contribution in [0.2, 0.25) is 0 Å². The van der Waals surface area contributed by atoms with Gasteiger partial charge in [0.05, 0.1) is 0 Å². The Hall–Kier alpha value is 0.607. The van der Waals surface area contributed by atoms with E-state index in [1.807, 2.05) is 0 Å². The van der Waals surface area contributed by atoms with E-state index >= 15 is 0 Å². The molecule has 0 aromatic carbocycles. The summed E-state index contributed by atoms with van der Waals surface area (Å²) in [4.78, 5) is 22.2. The SMILES string of the molecule is O=P(O)(O)OF.O=P(O)(OF)OF.[LiH]. The van der Waals surface area contributed by atoms with E-state index in [2.05, 4.69) is 14.2 Å². The Morgan fingerprint density at radius 2 is 1.07 bits per heavy atom. The Labute approximate surface area is 86.7 Å². The summed E-state index contributed by atoms with van der Waals surface area (Å²) in [6, 6.07) is 0. The number of hydrogen-bond acceptors (Lipinski definition) is 5. The molecule has 0 aromatic rings. The normalized spacial score (nSPS) is 11.0. The van der Waals surface area contributed by atoms with E-state index in [9.17, 15) is 18.1 Å². The fraction of sp³-hybridized carbons (Fsp3) is 0. The molecule has 0 fully saturated rings. The van der Waals surface area contributed by atoms with E-state index in [0.717, 1.165) is 0 Å². The minimum atomic E-state index is -4.99. The van der Waals surface area contributed by atoms with Crippen molar-refractivity contribution >= 4 is 34.5 Å². The van der Waals surface area contributed by atoms with Gasteiger partial charge in [0.25, 0.3) is 0 Å². The first-order valence-corrected chi connectivity index (χ1v) is 5.00. The van der Waals surface area contributed by atoms with Crippen LogP contribution >= 0.6 is 15.6 Å². The molecule has 0 atom stereocenters. The van der Waals surface area contributed by atoms with Gasteiger partial charge in [0.1, 0.15) is 0 Å². The third kappa shape index (κ3) is 18.4. The van der Waals surface area contributed by atoms with Gasteiger partial charge in [-0.05, 0) is 13.6 Å². The summed E-state index contributed by atoms with van der Waals surface area (Å²) < 4.78 is 55.7. The molecule has 3 N–H and O–H groups in total. The number of rotatable bonds is 3. The van der Waals surface area contributed by atoms with Crippen LogP contribution < -0.4 is 0 Å². The first kappa shape index (κ1) is 20.1. The summed E-state index contributed by atoms with van der Waals surface area (Å²) in [5, 5.41) is 0. The van der Waals surface area contributed by atoms with Crippen LogP contribution in [0.15, 0.2) is 0 Å². The molecule has 0 aliphatic heterocycles. The summed E-state index contributed by atoms with van der Waals surface area (Å²) >= 11 is 0. The van der Waals surface area contributed by atoms with Gasteiger partial charge in [-0.2, -0.15) is 0 Å². The molecule has 0 spiro atoms. The van der Waals surface area contributed by atoms with Crippen LogP contribution in [0.1, 0.15) is 0 Å². The third-order valence-electron chi connectivity index (χ3n) is 0.264. The Morgan fingerprint density at radius 3 is 1.07 bits per heavy atom. The fourth-order valence-electron chi connectivity index (χ4n) is 0.0106. The molecule has 0 bridgehead atoms. The van der Waals surface area contributed by atoms with E-state index in [1.165, 1.54) is 0 Å². The number of phosphoric acid groups is 2. The molecule has 0 unspecified atom stereocenters. The zero-order valence-electron chi connectivity index (χ0n) is 5.41. The minimum absolute atomic E-state index is 0. The molecule has 0 aliphatic carbocycles. The van der Waals surface area contributed by atoms with Gasteiger partial charge in [0.15, 0.2) is 0 Å². The van der Waals surface area contributed by atoms with Crippen LogP contribution in [0.3, 0.4) is 0 Å². The van der Waals surface area contributed by atoms with Gasteiger partial charge in [-0.15, -0.1) is 0 Å². The average molecular weight is 258 g/mol. The molecular weight excluding hydrogens is 254 g/mol. The van der Waals surface area contributed by atoms with Crippen LogP contribution in [0, 0.1) is 0 Å². The van der Waals surface area contributed by atoms with Crippen LogP contribution in [-0.4, -0.2) is 33.5 Å². The molecule has 8 nitrogen and oxygen atoms in total. The standard InChI is InChI=1S/F2HO4P.FH2O4P.Li.H/c1-5-7(3,4)6-2;1-5-6(2,3)4;;/h(H,3,4);(H2,2,3,4);;. The molecule has 14 heteroatoms. The summed E-state index contributed by atoms with van der Waals surface area (Å²) in [6.07, 6.45) is 0. The molecule has 0 rings (SSSR count). The molecule has 0 radical (unpaired) electrons. The van der Waals surface area contributed by atoms with E-state index in [0.29, 0.717) is 0 Å². The van der Waals surface area contributed by atoms with Gasteiger partial charge in [0.2, 0.25) is 0 Å². The Bertz CT molecular complexity index is 205. The van der Waals surface area contributed by atoms with E-state index < -0.39 is 15.6 Å².